The normalized spacial score (nSPS) is 17.6. The van der Waals surface area contributed by atoms with Crippen LogP contribution in [0.4, 0.5) is 5.69 Å². The first kappa shape index (κ1) is 21.6. The largest absolute Gasteiger partial charge is 0.506 e. The number of carbonyl (C=O) groups is 2. The van der Waals surface area contributed by atoms with Crippen molar-refractivity contribution in [2.75, 3.05) is 19.1 Å². The number of anilines is 1. The first-order valence-electron chi connectivity index (χ1n) is 10.0. The van der Waals surface area contributed by atoms with E-state index < -0.39 is 17.7 Å². The van der Waals surface area contributed by atoms with Crippen LogP contribution in [0.15, 0.2) is 59.5 Å². The molecule has 2 heterocycles. The molecule has 0 spiro atoms. The Hall–Kier alpha value is -3.58. The summed E-state index contributed by atoms with van der Waals surface area (Å²) in [5.74, 6) is -1.10. The van der Waals surface area contributed by atoms with Crippen molar-refractivity contribution in [3.05, 3.63) is 81.1 Å². The van der Waals surface area contributed by atoms with Crippen molar-refractivity contribution in [3.8, 4) is 11.5 Å². The molecule has 2 aromatic carbocycles. The average molecular weight is 450 g/mol. The van der Waals surface area contributed by atoms with Gasteiger partial charge < -0.3 is 14.6 Å². The Bertz CT molecular complexity index is 1210. The number of methoxy groups -OCH3 is 2. The van der Waals surface area contributed by atoms with Crippen molar-refractivity contribution in [2.24, 2.45) is 0 Å². The van der Waals surface area contributed by atoms with Crippen molar-refractivity contribution in [1.82, 2.24) is 0 Å². The lowest BCUT2D eigenvalue weighted by Crippen LogP contribution is -2.29. The molecule has 0 radical (unpaired) electrons. The second-order valence-electron chi connectivity index (χ2n) is 7.51. The van der Waals surface area contributed by atoms with Crippen molar-refractivity contribution in [2.45, 2.75) is 19.9 Å². The van der Waals surface area contributed by atoms with E-state index in [9.17, 15) is 14.7 Å². The van der Waals surface area contributed by atoms with Crippen molar-refractivity contribution < 1.29 is 24.2 Å². The highest BCUT2D eigenvalue weighted by Crippen LogP contribution is 2.46. The summed E-state index contributed by atoms with van der Waals surface area (Å²) in [5.41, 5.74) is 2.78. The fraction of sp³-hybridized carbons (Fsp3) is 0.200. The number of aliphatic hydroxyl groups excluding tert-OH is 1. The molecular formula is C25H23NO5S. The van der Waals surface area contributed by atoms with E-state index >= 15 is 0 Å². The molecule has 7 heteroatoms. The highest BCUT2D eigenvalue weighted by molar-refractivity contribution is 7.10. The molecule has 1 fully saturated rings. The van der Waals surface area contributed by atoms with E-state index in [1.807, 2.05) is 49.6 Å². The quantitative estimate of drug-likeness (QED) is 0.337. The summed E-state index contributed by atoms with van der Waals surface area (Å²) in [6.07, 6.45) is 0. The van der Waals surface area contributed by atoms with Gasteiger partial charge in [-0.1, -0.05) is 29.8 Å². The van der Waals surface area contributed by atoms with E-state index in [-0.39, 0.29) is 16.9 Å². The number of hydrogen-bond donors (Lipinski definition) is 1. The molecule has 1 atom stereocenters. The number of benzene rings is 2. The molecule has 0 aliphatic carbocycles. The Labute approximate surface area is 190 Å². The third kappa shape index (κ3) is 3.44. The van der Waals surface area contributed by atoms with Gasteiger partial charge in [-0.25, -0.2) is 0 Å². The number of amides is 1. The van der Waals surface area contributed by atoms with E-state index in [2.05, 4.69) is 0 Å². The summed E-state index contributed by atoms with van der Waals surface area (Å²) in [4.78, 5) is 28.8. The molecule has 4 rings (SSSR count). The van der Waals surface area contributed by atoms with E-state index in [0.717, 1.165) is 16.0 Å². The van der Waals surface area contributed by atoms with Gasteiger partial charge in [0.05, 0.1) is 19.8 Å². The van der Waals surface area contributed by atoms with Crippen molar-refractivity contribution in [3.63, 3.8) is 0 Å². The van der Waals surface area contributed by atoms with Gasteiger partial charge in [-0.05, 0) is 49.1 Å². The minimum atomic E-state index is -0.772. The van der Waals surface area contributed by atoms with Gasteiger partial charge in [0.15, 0.2) is 0 Å². The average Bonchev–Trinajstić information content (AvgIpc) is 3.40. The van der Waals surface area contributed by atoms with Crippen LogP contribution < -0.4 is 14.4 Å². The van der Waals surface area contributed by atoms with Gasteiger partial charge >= 0.3 is 0 Å². The molecule has 1 aliphatic rings. The topological polar surface area (TPSA) is 76.1 Å². The number of ketones is 1. The van der Waals surface area contributed by atoms with Gasteiger partial charge in [0.2, 0.25) is 0 Å². The summed E-state index contributed by atoms with van der Waals surface area (Å²) in [5, 5.41) is 13.3. The first-order valence-corrected chi connectivity index (χ1v) is 10.9. The van der Waals surface area contributed by atoms with Gasteiger partial charge in [-0.15, -0.1) is 11.3 Å². The lowest BCUT2D eigenvalue weighted by Gasteiger charge is -2.26. The third-order valence-corrected chi connectivity index (χ3v) is 6.46. The second-order valence-corrected chi connectivity index (χ2v) is 8.49. The molecule has 1 aromatic heterocycles. The van der Waals surface area contributed by atoms with Crippen LogP contribution in [0.25, 0.3) is 5.76 Å². The molecule has 1 saturated heterocycles. The summed E-state index contributed by atoms with van der Waals surface area (Å²) < 4.78 is 10.8. The summed E-state index contributed by atoms with van der Waals surface area (Å²) in [6.45, 7) is 3.87. The van der Waals surface area contributed by atoms with Crippen LogP contribution in [0.1, 0.15) is 27.6 Å². The monoisotopic (exact) mass is 449 g/mol. The predicted molar refractivity (Wildman–Crippen MR) is 125 cm³/mol. The van der Waals surface area contributed by atoms with Crippen molar-refractivity contribution >= 4 is 34.5 Å². The molecule has 164 valence electrons. The fourth-order valence-electron chi connectivity index (χ4n) is 4.09. The maximum absolute atomic E-state index is 13.3. The smallest absolute Gasteiger partial charge is 0.300 e. The predicted octanol–water partition coefficient (Wildman–Crippen LogP) is 5.01. The SMILES string of the molecule is COc1cccc(OC)c1/C(O)=C1\C(=O)C(=O)N(c2ccc(C)cc2C)C1c1cccs1. The second kappa shape index (κ2) is 8.51. The molecule has 0 saturated carbocycles. The van der Waals surface area contributed by atoms with Gasteiger partial charge in [0, 0.05) is 10.6 Å². The van der Waals surface area contributed by atoms with E-state index in [0.29, 0.717) is 17.2 Å². The van der Waals surface area contributed by atoms with Gasteiger partial charge in [0.1, 0.15) is 28.9 Å². The molecule has 0 bridgehead atoms. The van der Waals surface area contributed by atoms with Gasteiger partial charge in [0.25, 0.3) is 11.7 Å². The van der Waals surface area contributed by atoms with E-state index in [1.165, 1.54) is 30.5 Å². The van der Waals surface area contributed by atoms with E-state index in [1.54, 1.807) is 18.2 Å². The lowest BCUT2D eigenvalue weighted by molar-refractivity contribution is -0.132. The molecule has 3 aromatic rings. The standard InChI is InChI=1S/C25H23NO5S/c1-14-10-11-16(15(2)13-14)26-22(19-9-6-12-32-19)21(24(28)25(26)29)23(27)20-17(30-3)7-5-8-18(20)31-4/h5-13,22,27H,1-4H3/b23-21+. The fourth-order valence-corrected chi connectivity index (χ4v) is 4.92. The number of Topliss-reactive ketones (excluding diaryl/α,β-unsaturated/α-hetero) is 1. The van der Waals surface area contributed by atoms with Crippen LogP contribution in [-0.2, 0) is 9.59 Å². The Balaban J connectivity index is 2.00. The number of rotatable bonds is 5. The minimum absolute atomic E-state index is 0.000208. The number of hydrogen-bond acceptors (Lipinski definition) is 6. The summed E-state index contributed by atoms with van der Waals surface area (Å²) in [6, 6.07) is 13.7. The molecule has 1 aliphatic heterocycles. The summed E-state index contributed by atoms with van der Waals surface area (Å²) >= 11 is 1.41. The van der Waals surface area contributed by atoms with Crippen LogP contribution in [0.2, 0.25) is 0 Å². The maximum Gasteiger partial charge on any atom is 0.300 e. The highest BCUT2D eigenvalue weighted by atomic mass is 32.1. The molecule has 32 heavy (non-hydrogen) atoms. The Morgan fingerprint density at radius 2 is 1.69 bits per heavy atom. The number of aryl methyl sites for hydroxylation is 2. The lowest BCUT2D eigenvalue weighted by atomic mass is 9.98. The minimum Gasteiger partial charge on any atom is -0.506 e. The van der Waals surface area contributed by atoms with Crippen LogP contribution >= 0.6 is 11.3 Å². The van der Waals surface area contributed by atoms with E-state index in [4.69, 9.17) is 9.47 Å². The number of nitrogens with zero attached hydrogens (tertiary/aromatic N) is 1. The van der Waals surface area contributed by atoms with Crippen LogP contribution in [0.3, 0.4) is 0 Å². The van der Waals surface area contributed by atoms with Gasteiger partial charge in [-0.3, -0.25) is 14.5 Å². The zero-order valence-electron chi connectivity index (χ0n) is 18.2. The third-order valence-electron chi connectivity index (χ3n) is 5.53. The molecule has 1 N–H and O–H groups in total. The van der Waals surface area contributed by atoms with Crippen molar-refractivity contribution in [1.29, 1.82) is 0 Å². The zero-order chi connectivity index (χ0) is 23.0. The maximum atomic E-state index is 13.3. The molecule has 1 amide bonds. The first-order chi connectivity index (χ1) is 15.4. The van der Waals surface area contributed by atoms with Crippen LogP contribution in [-0.4, -0.2) is 31.0 Å². The number of thiophene rings is 1. The summed E-state index contributed by atoms with van der Waals surface area (Å²) in [7, 11) is 2.94. The Morgan fingerprint density at radius 3 is 2.25 bits per heavy atom. The number of carbonyl (C=O) groups excluding carboxylic acids is 2. The van der Waals surface area contributed by atoms with Crippen LogP contribution in [0, 0.1) is 13.8 Å². The number of ether oxygens (including phenoxy) is 2. The molecular weight excluding hydrogens is 426 g/mol. The number of aliphatic hydroxyl groups is 1. The molecule has 6 nitrogen and oxygen atoms in total. The van der Waals surface area contributed by atoms with Crippen LogP contribution in [0.5, 0.6) is 11.5 Å². The van der Waals surface area contributed by atoms with Gasteiger partial charge in [-0.2, -0.15) is 0 Å². The Kier molecular flexibility index (Phi) is 5.76. The molecule has 1 unspecified atom stereocenters. The Morgan fingerprint density at radius 1 is 1.00 bits per heavy atom. The highest BCUT2D eigenvalue weighted by Gasteiger charge is 2.48. The zero-order valence-corrected chi connectivity index (χ0v) is 19.0.